The SMILES string of the molecule is COc1ccc(NC2=C(c3ccc(OC)cc3)C(=O)N(c3cccc(N(C)C)c3)C2=O)cc1. The van der Waals surface area contributed by atoms with E-state index < -0.39 is 11.8 Å². The Balaban J connectivity index is 1.79. The number of rotatable bonds is 7. The van der Waals surface area contributed by atoms with Gasteiger partial charge in [-0.05, 0) is 60.2 Å². The van der Waals surface area contributed by atoms with E-state index in [1.807, 2.05) is 37.2 Å². The van der Waals surface area contributed by atoms with E-state index in [1.54, 1.807) is 68.8 Å². The molecule has 0 saturated heterocycles. The molecule has 2 amide bonds. The van der Waals surface area contributed by atoms with Crippen LogP contribution in [0.2, 0.25) is 0 Å². The smallest absolute Gasteiger partial charge is 0.282 e. The molecule has 0 unspecified atom stereocenters. The van der Waals surface area contributed by atoms with Gasteiger partial charge in [0.25, 0.3) is 11.8 Å². The fourth-order valence-electron chi connectivity index (χ4n) is 3.63. The zero-order chi connectivity index (χ0) is 23.5. The lowest BCUT2D eigenvalue weighted by atomic mass is 10.0. The summed E-state index contributed by atoms with van der Waals surface area (Å²) in [6.45, 7) is 0. The Kier molecular flexibility index (Phi) is 6.04. The Morgan fingerprint density at radius 2 is 1.39 bits per heavy atom. The van der Waals surface area contributed by atoms with Gasteiger partial charge in [-0.25, -0.2) is 4.90 Å². The summed E-state index contributed by atoms with van der Waals surface area (Å²) in [5, 5.41) is 3.16. The van der Waals surface area contributed by atoms with Crippen molar-refractivity contribution in [3.8, 4) is 11.5 Å². The fraction of sp³-hybridized carbons (Fsp3) is 0.154. The molecular formula is C26H25N3O4. The lowest BCUT2D eigenvalue weighted by Crippen LogP contribution is -2.32. The maximum atomic E-state index is 13.6. The van der Waals surface area contributed by atoms with Crippen LogP contribution in [0.15, 0.2) is 78.5 Å². The number of hydrogen-bond donors (Lipinski definition) is 1. The average molecular weight is 444 g/mol. The molecule has 1 heterocycles. The van der Waals surface area contributed by atoms with Crippen molar-refractivity contribution in [1.29, 1.82) is 0 Å². The number of imide groups is 1. The number of nitrogens with zero attached hydrogens (tertiary/aromatic N) is 2. The Labute approximate surface area is 192 Å². The van der Waals surface area contributed by atoms with Crippen molar-refractivity contribution < 1.29 is 19.1 Å². The molecule has 168 valence electrons. The van der Waals surface area contributed by atoms with Crippen LogP contribution in [0.3, 0.4) is 0 Å². The van der Waals surface area contributed by atoms with Gasteiger partial charge in [0.1, 0.15) is 17.2 Å². The third-order valence-corrected chi connectivity index (χ3v) is 5.43. The molecule has 0 bridgehead atoms. The predicted molar refractivity (Wildman–Crippen MR) is 130 cm³/mol. The quantitative estimate of drug-likeness (QED) is 0.553. The molecule has 1 N–H and O–H groups in total. The van der Waals surface area contributed by atoms with Crippen LogP contribution in [0, 0.1) is 0 Å². The number of ether oxygens (including phenoxy) is 2. The summed E-state index contributed by atoms with van der Waals surface area (Å²) >= 11 is 0. The molecule has 4 rings (SSSR count). The zero-order valence-electron chi connectivity index (χ0n) is 19.0. The molecule has 0 atom stereocenters. The molecule has 7 nitrogen and oxygen atoms in total. The highest BCUT2D eigenvalue weighted by Gasteiger charge is 2.40. The van der Waals surface area contributed by atoms with Crippen LogP contribution in [0.5, 0.6) is 11.5 Å². The number of carbonyl (C=O) groups excluding carboxylic acids is 2. The molecule has 0 spiro atoms. The minimum Gasteiger partial charge on any atom is -0.497 e. The molecule has 0 radical (unpaired) electrons. The van der Waals surface area contributed by atoms with Gasteiger partial charge in [-0.3, -0.25) is 9.59 Å². The molecule has 33 heavy (non-hydrogen) atoms. The zero-order valence-corrected chi connectivity index (χ0v) is 19.0. The fourth-order valence-corrected chi connectivity index (χ4v) is 3.63. The lowest BCUT2D eigenvalue weighted by molar-refractivity contribution is -0.120. The van der Waals surface area contributed by atoms with Crippen molar-refractivity contribution in [1.82, 2.24) is 0 Å². The number of nitrogens with one attached hydrogen (secondary N) is 1. The van der Waals surface area contributed by atoms with Crippen LogP contribution in [-0.4, -0.2) is 40.1 Å². The largest absolute Gasteiger partial charge is 0.497 e. The molecular weight excluding hydrogens is 418 g/mol. The minimum absolute atomic E-state index is 0.214. The highest BCUT2D eigenvalue weighted by atomic mass is 16.5. The molecule has 7 heteroatoms. The second-order valence-corrected chi connectivity index (χ2v) is 7.69. The van der Waals surface area contributed by atoms with Crippen LogP contribution in [0.1, 0.15) is 5.56 Å². The molecule has 0 aliphatic carbocycles. The van der Waals surface area contributed by atoms with Gasteiger partial charge in [0.15, 0.2) is 0 Å². The molecule has 1 aliphatic rings. The normalized spacial score (nSPS) is 13.4. The third-order valence-electron chi connectivity index (χ3n) is 5.43. The number of methoxy groups -OCH3 is 2. The molecule has 0 fully saturated rings. The Hall–Kier alpha value is -4.26. The van der Waals surface area contributed by atoms with Gasteiger partial charge in [0.05, 0.1) is 25.5 Å². The van der Waals surface area contributed by atoms with Gasteiger partial charge in [-0.15, -0.1) is 0 Å². The summed E-state index contributed by atoms with van der Waals surface area (Å²) in [5.74, 6) is 0.548. The van der Waals surface area contributed by atoms with Gasteiger partial charge < -0.3 is 19.7 Å². The summed E-state index contributed by atoms with van der Waals surface area (Å²) < 4.78 is 10.4. The Morgan fingerprint density at radius 1 is 0.788 bits per heavy atom. The summed E-state index contributed by atoms with van der Waals surface area (Å²) in [6, 6.07) is 21.6. The lowest BCUT2D eigenvalue weighted by Gasteiger charge is -2.19. The van der Waals surface area contributed by atoms with E-state index in [-0.39, 0.29) is 5.70 Å². The summed E-state index contributed by atoms with van der Waals surface area (Å²) in [5.41, 5.74) is 3.20. The van der Waals surface area contributed by atoms with Crippen molar-refractivity contribution >= 4 is 34.4 Å². The van der Waals surface area contributed by atoms with E-state index in [0.29, 0.717) is 34.0 Å². The number of hydrogen-bond acceptors (Lipinski definition) is 6. The van der Waals surface area contributed by atoms with E-state index in [1.165, 1.54) is 4.90 Å². The number of amides is 2. The van der Waals surface area contributed by atoms with Gasteiger partial charge in [-0.2, -0.15) is 0 Å². The number of anilines is 3. The second kappa shape index (κ2) is 9.08. The van der Waals surface area contributed by atoms with Crippen LogP contribution in [0.25, 0.3) is 5.57 Å². The van der Waals surface area contributed by atoms with E-state index in [4.69, 9.17) is 9.47 Å². The highest BCUT2D eigenvalue weighted by Crippen LogP contribution is 2.35. The van der Waals surface area contributed by atoms with Crippen LogP contribution >= 0.6 is 0 Å². The van der Waals surface area contributed by atoms with E-state index in [2.05, 4.69) is 5.32 Å². The van der Waals surface area contributed by atoms with Crippen molar-refractivity contribution in [3.05, 3.63) is 84.1 Å². The van der Waals surface area contributed by atoms with Gasteiger partial charge in [0.2, 0.25) is 0 Å². The van der Waals surface area contributed by atoms with Crippen LogP contribution in [-0.2, 0) is 9.59 Å². The molecule has 0 saturated carbocycles. The first-order chi connectivity index (χ1) is 15.9. The first kappa shape index (κ1) is 22.0. The van der Waals surface area contributed by atoms with E-state index >= 15 is 0 Å². The summed E-state index contributed by atoms with van der Waals surface area (Å²) in [6.07, 6.45) is 0. The first-order valence-electron chi connectivity index (χ1n) is 10.4. The number of carbonyl (C=O) groups is 2. The Bertz CT molecular complexity index is 1220. The van der Waals surface area contributed by atoms with Gasteiger partial charge in [-0.1, -0.05) is 18.2 Å². The predicted octanol–water partition coefficient (Wildman–Crippen LogP) is 4.17. The van der Waals surface area contributed by atoms with Crippen molar-refractivity contribution in [2.24, 2.45) is 0 Å². The molecule has 1 aliphatic heterocycles. The minimum atomic E-state index is -0.419. The standard InChI is InChI=1S/C26H25N3O4/c1-28(2)19-6-5-7-20(16-19)29-25(30)23(17-8-12-21(32-3)13-9-17)24(26(29)31)27-18-10-14-22(33-4)15-11-18/h5-16,27H,1-4H3. The molecule has 3 aromatic carbocycles. The molecule has 0 aromatic heterocycles. The van der Waals surface area contributed by atoms with Crippen molar-refractivity contribution in [2.45, 2.75) is 0 Å². The van der Waals surface area contributed by atoms with E-state index in [0.717, 1.165) is 5.69 Å². The van der Waals surface area contributed by atoms with Crippen LogP contribution in [0.4, 0.5) is 17.1 Å². The Morgan fingerprint density at radius 3 is 1.97 bits per heavy atom. The van der Waals surface area contributed by atoms with Crippen molar-refractivity contribution in [2.75, 3.05) is 43.4 Å². The van der Waals surface area contributed by atoms with E-state index in [9.17, 15) is 9.59 Å². The maximum Gasteiger partial charge on any atom is 0.282 e. The third kappa shape index (κ3) is 4.25. The summed E-state index contributed by atoms with van der Waals surface area (Å²) in [4.78, 5) is 30.3. The highest BCUT2D eigenvalue weighted by molar-refractivity contribution is 6.46. The first-order valence-corrected chi connectivity index (χ1v) is 10.4. The maximum absolute atomic E-state index is 13.6. The second-order valence-electron chi connectivity index (χ2n) is 7.69. The topological polar surface area (TPSA) is 71.1 Å². The molecule has 3 aromatic rings. The van der Waals surface area contributed by atoms with Crippen LogP contribution < -0.4 is 24.6 Å². The average Bonchev–Trinajstić information content (AvgIpc) is 3.08. The summed E-state index contributed by atoms with van der Waals surface area (Å²) in [7, 11) is 6.98. The van der Waals surface area contributed by atoms with Gasteiger partial charge in [0, 0.05) is 25.5 Å². The number of benzene rings is 3. The van der Waals surface area contributed by atoms with Crippen molar-refractivity contribution in [3.63, 3.8) is 0 Å². The monoisotopic (exact) mass is 443 g/mol. The van der Waals surface area contributed by atoms with Gasteiger partial charge >= 0.3 is 0 Å².